The minimum Gasteiger partial charge on any atom is -0.349 e. The zero-order valence-electron chi connectivity index (χ0n) is 14.1. The van der Waals surface area contributed by atoms with E-state index in [4.69, 9.17) is 11.6 Å². The molecule has 132 valence electrons. The van der Waals surface area contributed by atoms with Gasteiger partial charge in [-0.05, 0) is 42.2 Å². The van der Waals surface area contributed by atoms with Crippen molar-refractivity contribution < 1.29 is 4.79 Å². The van der Waals surface area contributed by atoms with Crippen molar-refractivity contribution in [3.05, 3.63) is 74.8 Å². The molecule has 5 nitrogen and oxygen atoms in total. The van der Waals surface area contributed by atoms with E-state index in [0.29, 0.717) is 23.1 Å². The van der Waals surface area contributed by atoms with Gasteiger partial charge in [0, 0.05) is 17.9 Å². The Kier molecular flexibility index (Phi) is 4.47. The van der Waals surface area contributed by atoms with Crippen molar-refractivity contribution in [2.75, 3.05) is 0 Å². The fraction of sp³-hybridized carbons (Fsp3) is 0.250. The van der Waals surface area contributed by atoms with Crippen molar-refractivity contribution in [1.29, 1.82) is 0 Å². The van der Waals surface area contributed by atoms with Crippen LogP contribution in [0.4, 0.5) is 0 Å². The lowest BCUT2D eigenvalue weighted by Gasteiger charge is -2.14. The zero-order chi connectivity index (χ0) is 18.1. The van der Waals surface area contributed by atoms with Gasteiger partial charge in [-0.1, -0.05) is 35.9 Å². The van der Waals surface area contributed by atoms with Crippen molar-refractivity contribution in [1.82, 2.24) is 15.3 Å². The molecule has 1 aliphatic rings. The van der Waals surface area contributed by atoms with Crippen LogP contribution >= 0.6 is 11.6 Å². The van der Waals surface area contributed by atoms with E-state index in [0.717, 1.165) is 29.0 Å². The Bertz CT molecular complexity index is 1040. The lowest BCUT2D eigenvalue weighted by Crippen LogP contribution is -2.27. The minimum atomic E-state index is -0.176. The highest BCUT2D eigenvalue weighted by atomic mass is 35.5. The largest absolute Gasteiger partial charge is 0.349 e. The van der Waals surface area contributed by atoms with E-state index in [-0.39, 0.29) is 23.9 Å². The molecule has 4 rings (SSSR count). The summed E-state index contributed by atoms with van der Waals surface area (Å²) in [5, 5.41) is 4.38. The monoisotopic (exact) mass is 367 g/mol. The van der Waals surface area contributed by atoms with Gasteiger partial charge < -0.3 is 10.3 Å². The first kappa shape index (κ1) is 16.8. The van der Waals surface area contributed by atoms with E-state index in [2.05, 4.69) is 15.3 Å². The average molecular weight is 368 g/mol. The lowest BCUT2D eigenvalue weighted by atomic mass is 10.1. The second kappa shape index (κ2) is 6.92. The highest BCUT2D eigenvalue weighted by Crippen LogP contribution is 2.35. The number of aromatic nitrogens is 2. The number of aromatic amines is 1. The van der Waals surface area contributed by atoms with Crippen LogP contribution in [0.5, 0.6) is 0 Å². The number of nitrogens with zero attached hydrogens (tertiary/aromatic N) is 1. The smallest absolute Gasteiger partial charge is 0.258 e. The first-order valence-corrected chi connectivity index (χ1v) is 9.04. The fourth-order valence-corrected chi connectivity index (χ4v) is 3.79. The normalized spacial score (nSPS) is 15.8. The number of carbonyl (C=O) groups is 1. The number of hydrogen-bond donors (Lipinski definition) is 2. The van der Waals surface area contributed by atoms with Crippen LogP contribution in [-0.4, -0.2) is 15.9 Å². The number of benzene rings is 2. The Labute approximate surface area is 155 Å². The number of fused-ring (bicyclic) bond motifs is 2. The third kappa shape index (κ3) is 3.22. The Morgan fingerprint density at radius 1 is 1.23 bits per heavy atom. The summed E-state index contributed by atoms with van der Waals surface area (Å²) in [6, 6.07) is 13.0. The van der Waals surface area contributed by atoms with Crippen molar-refractivity contribution in [3.63, 3.8) is 0 Å². The van der Waals surface area contributed by atoms with Gasteiger partial charge in [-0.3, -0.25) is 9.59 Å². The number of H-pyrrole nitrogens is 1. The highest BCUT2D eigenvalue weighted by molar-refractivity contribution is 6.31. The van der Waals surface area contributed by atoms with Crippen LogP contribution in [0.1, 0.15) is 35.8 Å². The summed E-state index contributed by atoms with van der Waals surface area (Å²) >= 11 is 6.22. The van der Waals surface area contributed by atoms with E-state index in [1.165, 1.54) is 0 Å². The van der Waals surface area contributed by atoms with Crippen LogP contribution in [0, 0.1) is 0 Å². The number of nitrogens with one attached hydrogen (secondary N) is 2. The second-order valence-corrected chi connectivity index (χ2v) is 6.90. The van der Waals surface area contributed by atoms with E-state index in [1.807, 2.05) is 24.3 Å². The summed E-state index contributed by atoms with van der Waals surface area (Å²) in [6.45, 7) is 0. The minimum absolute atomic E-state index is 0.000174. The number of rotatable bonds is 4. The van der Waals surface area contributed by atoms with Crippen LogP contribution in [0.15, 0.2) is 47.3 Å². The van der Waals surface area contributed by atoms with Crippen molar-refractivity contribution in [2.45, 2.75) is 31.7 Å². The molecule has 0 saturated heterocycles. The van der Waals surface area contributed by atoms with E-state index in [9.17, 15) is 9.59 Å². The van der Waals surface area contributed by atoms with E-state index < -0.39 is 0 Å². The number of carbonyl (C=O) groups excluding carboxylic acids is 1. The van der Waals surface area contributed by atoms with Gasteiger partial charge in [-0.25, -0.2) is 4.98 Å². The summed E-state index contributed by atoms with van der Waals surface area (Å²) in [5.41, 5.74) is 2.69. The topological polar surface area (TPSA) is 74.8 Å². The van der Waals surface area contributed by atoms with E-state index in [1.54, 1.807) is 18.2 Å². The third-order valence-electron chi connectivity index (χ3n) is 4.80. The summed E-state index contributed by atoms with van der Waals surface area (Å²) in [6.07, 6.45) is 2.39. The molecular weight excluding hydrogens is 350 g/mol. The first-order chi connectivity index (χ1) is 12.6. The molecule has 0 spiro atoms. The second-order valence-electron chi connectivity index (χ2n) is 6.50. The molecule has 26 heavy (non-hydrogen) atoms. The fourth-order valence-electron chi connectivity index (χ4n) is 3.51. The molecule has 1 amide bonds. The number of aryl methyl sites for hydroxylation is 1. The molecule has 1 heterocycles. The highest BCUT2D eigenvalue weighted by Gasteiger charge is 2.25. The molecule has 0 unspecified atom stereocenters. The quantitative estimate of drug-likeness (QED) is 0.742. The van der Waals surface area contributed by atoms with Gasteiger partial charge in [0.1, 0.15) is 5.82 Å². The van der Waals surface area contributed by atoms with E-state index >= 15 is 0 Å². The Hall–Kier alpha value is -2.66. The maximum absolute atomic E-state index is 12.4. The summed E-state index contributed by atoms with van der Waals surface area (Å²) in [7, 11) is 0. The zero-order valence-corrected chi connectivity index (χ0v) is 14.8. The van der Waals surface area contributed by atoms with Gasteiger partial charge in [-0.2, -0.15) is 0 Å². The van der Waals surface area contributed by atoms with Gasteiger partial charge >= 0.3 is 0 Å². The van der Waals surface area contributed by atoms with Gasteiger partial charge in [0.25, 0.3) is 5.56 Å². The molecule has 0 saturated carbocycles. The number of hydrogen-bond acceptors (Lipinski definition) is 3. The predicted octanol–water partition coefficient (Wildman–Crippen LogP) is 3.31. The van der Waals surface area contributed by atoms with Crippen LogP contribution in [0.3, 0.4) is 0 Å². The molecule has 3 aromatic rings. The maximum atomic E-state index is 12.4. The van der Waals surface area contributed by atoms with Crippen LogP contribution < -0.4 is 10.9 Å². The molecule has 0 radical (unpaired) electrons. The molecule has 1 aliphatic carbocycles. The SMILES string of the molecule is O=C(CCc1nc2ccccc2c(=O)[nH]1)N[C@@H]1CCc2c(Cl)cccc21. The molecule has 0 aliphatic heterocycles. The molecular formula is C20H18ClN3O2. The first-order valence-electron chi connectivity index (χ1n) is 8.66. The average Bonchev–Trinajstić information content (AvgIpc) is 3.04. The van der Waals surface area contributed by atoms with Crippen molar-refractivity contribution >= 4 is 28.4 Å². The molecule has 2 N–H and O–H groups in total. The van der Waals surface area contributed by atoms with Crippen LogP contribution in [-0.2, 0) is 17.6 Å². The Morgan fingerprint density at radius 3 is 2.96 bits per heavy atom. The van der Waals surface area contributed by atoms with Crippen LogP contribution in [0.25, 0.3) is 10.9 Å². The van der Waals surface area contributed by atoms with Gasteiger partial charge in [-0.15, -0.1) is 0 Å². The standard InChI is InChI=1S/C20H18ClN3O2/c21-15-6-3-5-13-12(15)8-9-17(13)23-19(25)11-10-18-22-16-7-2-1-4-14(16)20(26)24-18/h1-7,17H,8-11H2,(H,23,25)(H,22,24,26)/t17-/m1/s1. The Morgan fingerprint density at radius 2 is 2.08 bits per heavy atom. The van der Waals surface area contributed by atoms with Crippen molar-refractivity contribution in [3.8, 4) is 0 Å². The third-order valence-corrected chi connectivity index (χ3v) is 5.15. The van der Waals surface area contributed by atoms with Gasteiger partial charge in [0.05, 0.1) is 16.9 Å². The predicted molar refractivity (Wildman–Crippen MR) is 101 cm³/mol. The molecule has 6 heteroatoms. The number of amides is 1. The molecule has 0 bridgehead atoms. The van der Waals surface area contributed by atoms with Crippen LogP contribution in [0.2, 0.25) is 5.02 Å². The van der Waals surface area contributed by atoms with Gasteiger partial charge in [0.15, 0.2) is 0 Å². The lowest BCUT2D eigenvalue weighted by molar-refractivity contribution is -0.121. The molecule has 2 aromatic carbocycles. The number of para-hydroxylation sites is 1. The van der Waals surface area contributed by atoms with Gasteiger partial charge in [0.2, 0.25) is 5.91 Å². The number of halogens is 1. The molecule has 0 fully saturated rings. The summed E-state index contributed by atoms with van der Waals surface area (Å²) < 4.78 is 0. The Balaban J connectivity index is 1.43. The summed E-state index contributed by atoms with van der Waals surface area (Å²) in [4.78, 5) is 31.6. The summed E-state index contributed by atoms with van der Waals surface area (Å²) in [5.74, 6) is 0.470. The molecule has 1 aromatic heterocycles. The maximum Gasteiger partial charge on any atom is 0.258 e. The van der Waals surface area contributed by atoms with Crippen molar-refractivity contribution in [2.24, 2.45) is 0 Å². The molecule has 1 atom stereocenters.